The monoisotopic (exact) mass is 444 g/mol. The van der Waals surface area contributed by atoms with Gasteiger partial charge in [-0.25, -0.2) is 9.37 Å². The van der Waals surface area contributed by atoms with Crippen LogP contribution in [-0.4, -0.2) is 74.4 Å². The average molecular weight is 445 g/mol. The standard InChI is InChI=1S/C23H33FN6O2/c1-3-25-23(28-18-8-10-30(16-18)22-19(24)5-4-9-26-22)27-15-20(21-7-6-17(2)32-21)29-11-13-31-14-12-29/h4-7,9,18,20H,3,8,10-16H2,1-2H3,(H2,25,27,28). The van der Waals surface area contributed by atoms with Crippen molar-refractivity contribution in [1.82, 2.24) is 20.5 Å². The van der Waals surface area contributed by atoms with Crippen LogP contribution in [0.5, 0.6) is 0 Å². The number of pyridine rings is 1. The lowest BCUT2D eigenvalue weighted by Crippen LogP contribution is -2.45. The van der Waals surface area contributed by atoms with Gasteiger partial charge in [0.2, 0.25) is 0 Å². The number of hydrogen-bond acceptors (Lipinski definition) is 6. The van der Waals surface area contributed by atoms with Gasteiger partial charge in [-0.3, -0.25) is 9.89 Å². The summed E-state index contributed by atoms with van der Waals surface area (Å²) in [5, 5.41) is 6.87. The quantitative estimate of drug-likeness (QED) is 0.501. The van der Waals surface area contributed by atoms with Crippen LogP contribution in [-0.2, 0) is 4.74 Å². The number of rotatable bonds is 7. The minimum atomic E-state index is -0.282. The molecule has 0 bridgehead atoms. The topological polar surface area (TPSA) is 78.2 Å². The van der Waals surface area contributed by atoms with E-state index in [4.69, 9.17) is 14.1 Å². The molecule has 0 radical (unpaired) electrons. The summed E-state index contributed by atoms with van der Waals surface area (Å²) >= 11 is 0. The largest absolute Gasteiger partial charge is 0.465 e. The number of aryl methyl sites for hydroxylation is 1. The maximum atomic E-state index is 14.1. The van der Waals surface area contributed by atoms with Crippen LogP contribution in [0, 0.1) is 12.7 Å². The minimum absolute atomic E-state index is 0.0609. The molecule has 2 aliphatic heterocycles. The molecule has 2 unspecified atom stereocenters. The molecule has 0 amide bonds. The molecule has 2 N–H and O–H groups in total. The number of nitrogens with one attached hydrogen (secondary N) is 2. The van der Waals surface area contributed by atoms with Gasteiger partial charge in [-0.2, -0.15) is 0 Å². The molecule has 2 aromatic rings. The fraction of sp³-hybridized carbons (Fsp3) is 0.565. The predicted molar refractivity (Wildman–Crippen MR) is 123 cm³/mol. The van der Waals surface area contributed by atoms with Crippen LogP contribution in [0.15, 0.2) is 39.9 Å². The Morgan fingerprint density at radius 1 is 1.28 bits per heavy atom. The van der Waals surface area contributed by atoms with Crippen LogP contribution >= 0.6 is 0 Å². The van der Waals surface area contributed by atoms with Gasteiger partial charge >= 0.3 is 0 Å². The van der Waals surface area contributed by atoms with Gasteiger partial charge in [-0.15, -0.1) is 0 Å². The maximum absolute atomic E-state index is 14.1. The first kappa shape index (κ1) is 22.5. The van der Waals surface area contributed by atoms with Crippen LogP contribution in [0.2, 0.25) is 0 Å². The van der Waals surface area contributed by atoms with Crippen molar-refractivity contribution in [2.75, 3.05) is 57.4 Å². The zero-order valence-electron chi connectivity index (χ0n) is 18.9. The highest BCUT2D eigenvalue weighted by atomic mass is 19.1. The first-order valence-corrected chi connectivity index (χ1v) is 11.4. The third-order valence-corrected chi connectivity index (χ3v) is 5.91. The Labute approximate surface area is 188 Å². The predicted octanol–water partition coefficient (Wildman–Crippen LogP) is 2.33. The molecule has 32 heavy (non-hydrogen) atoms. The fourth-order valence-corrected chi connectivity index (χ4v) is 4.28. The normalized spacial score (nSPS) is 21.0. The Morgan fingerprint density at radius 3 is 2.84 bits per heavy atom. The second kappa shape index (κ2) is 10.8. The summed E-state index contributed by atoms with van der Waals surface area (Å²) in [6.07, 6.45) is 2.53. The number of aliphatic imine (C=N–C) groups is 1. The van der Waals surface area contributed by atoms with E-state index in [1.165, 1.54) is 6.07 Å². The molecule has 4 rings (SSSR count). The molecule has 8 nitrogen and oxygen atoms in total. The van der Waals surface area contributed by atoms with Gasteiger partial charge in [0.15, 0.2) is 17.6 Å². The van der Waals surface area contributed by atoms with E-state index in [0.29, 0.717) is 18.9 Å². The van der Waals surface area contributed by atoms with Gasteiger partial charge in [0.25, 0.3) is 0 Å². The van der Waals surface area contributed by atoms with Crippen molar-refractivity contribution in [3.05, 3.63) is 47.8 Å². The van der Waals surface area contributed by atoms with E-state index < -0.39 is 0 Å². The summed E-state index contributed by atoms with van der Waals surface area (Å²) in [4.78, 5) is 13.5. The van der Waals surface area contributed by atoms with E-state index in [-0.39, 0.29) is 17.9 Å². The Bertz CT molecular complexity index is 898. The molecule has 2 aliphatic rings. The number of guanidine groups is 1. The smallest absolute Gasteiger partial charge is 0.191 e. The lowest BCUT2D eigenvalue weighted by molar-refractivity contribution is 0.0135. The molecule has 2 aromatic heterocycles. The Kier molecular flexibility index (Phi) is 7.59. The summed E-state index contributed by atoms with van der Waals surface area (Å²) in [5.74, 6) is 2.74. The van der Waals surface area contributed by atoms with Crippen molar-refractivity contribution in [2.45, 2.75) is 32.4 Å². The molecule has 2 saturated heterocycles. The number of morpholine rings is 1. The molecule has 174 valence electrons. The number of ether oxygens (including phenoxy) is 1. The zero-order valence-corrected chi connectivity index (χ0v) is 18.9. The second-order valence-corrected chi connectivity index (χ2v) is 8.22. The minimum Gasteiger partial charge on any atom is -0.465 e. The second-order valence-electron chi connectivity index (χ2n) is 8.22. The summed E-state index contributed by atoms with van der Waals surface area (Å²) in [6, 6.07) is 7.34. The van der Waals surface area contributed by atoms with E-state index in [1.54, 1.807) is 12.3 Å². The van der Waals surface area contributed by atoms with Crippen molar-refractivity contribution < 1.29 is 13.5 Å². The lowest BCUT2D eigenvalue weighted by Gasteiger charge is -2.32. The third-order valence-electron chi connectivity index (χ3n) is 5.91. The highest BCUT2D eigenvalue weighted by Crippen LogP contribution is 2.25. The van der Waals surface area contributed by atoms with E-state index in [0.717, 1.165) is 63.3 Å². The van der Waals surface area contributed by atoms with Crippen molar-refractivity contribution in [2.24, 2.45) is 4.99 Å². The van der Waals surface area contributed by atoms with E-state index >= 15 is 0 Å². The highest BCUT2D eigenvalue weighted by molar-refractivity contribution is 5.80. The molecular weight excluding hydrogens is 411 g/mol. The van der Waals surface area contributed by atoms with Gasteiger partial charge in [-0.05, 0) is 44.5 Å². The van der Waals surface area contributed by atoms with Gasteiger partial charge in [-0.1, -0.05) is 0 Å². The number of hydrogen-bond donors (Lipinski definition) is 2. The summed E-state index contributed by atoms with van der Waals surface area (Å²) in [6.45, 7) is 9.96. The molecule has 0 spiro atoms. The van der Waals surface area contributed by atoms with Crippen LogP contribution < -0.4 is 15.5 Å². The van der Waals surface area contributed by atoms with Crippen molar-refractivity contribution in [3.8, 4) is 0 Å². The van der Waals surface area contributed by atoms with Crippen molar-refractivity contribution >= 4 is 11.8 Å². The fourth-order valence-electron chi connectivity index (χ4n) is 4.28. The average Bonchev–Trinajstić information content (AvgIpc) is 3.44. The van der Waals surface area contributed by atoms with E-state index in [9.17, 15) is 4.39 Å². The van der Waals surface area contributed by atoms with Gasteiger partial charge in [0.1, 0.15) is 11.5 Å². The van der Waals surface area contributed by atoms with Crippen LogP contribution in [0.4, 0.5) is 10.2 Å². The molecule has 4 heterocycles. The highest BCUT2D eigenvalue weighted by Gasteiger charge is 2.27. The summed E-state index contributed by atoms with van der Waals surface area (Å²) in [7, 11) is 0. The Hall–Kier alpha value is -2.65. The number of halogens is 1. The summed E-state index contributed by atoms with van der Waals surface area (Å²) < 4.78 is 25.6. The van der Waals surface area contributed by atoms with Crippen LogP contribution in [0.25, 0.3) is 0 Å². The third kappa shape index (κ3) is 5.58. The van der Waals surface area contributed by atoms with Gasteiger partial charge < -0.3 is 24.7 Å². The molecule has 2 fully saturated rings. The number of nitrogens with zero attached hydrogens (tertiary/aromatic N) is 4. The van der Waals surface area contributed by atoms with Gasteiger partial charge in [0, 0.05) is 45.0 Å². The molecule has 0 aromatic carbocycles. The van der Waals surface area contributed by atoms with E-state index in [2.05, 4.69) is 27.4 Å². The van der Waals surface area contributed by atoms with Crippen LogP contribution in [0.3, 0.4) is 0 Å². The lowest BCUT2D eigenvalue weighted by atomic mass is 10.1. The van der Waals surface area contributed by atoms with Crippen LogP contribution in [0.1, 0.15) is 30.9 Å². The Balaban J connectivity index is 1.43. The molecule has 9 heteroatoms. The van der Waals surface area contributed by atoms with Gasteiger partial charge in [0.05, 0.1) is 25.8 Å². The molecule has 0 aliphatic carbocycles. The van der Waals surface area contributed by atoms with Crippen molar-refractivity contribution in [1.29, 1.82) is 0 Å². The number of furan rings is 1. The van der Waals surface area contributed by atoms with Crippen molar-refractivity contribution in [3.63, 3.8) is 0 Å². The Morgan fingerprint density at radius 2 is 2.12 bits per heavy atom. The first-order valence-electron chi connectivity index (χ1n) is 11.4. The molecule has 0 saturated carbocycles. The number of aromatic nitrogens is 1. The van der Waals surface area contributed by atoms with E-state index in [1.807, 2.05) is 24.0 Å². The number of anilines is 1. The summed E-state index contributed by atoms with van der Waals surface area (Å²) in [5.41, 5.74) is 0. The molecular formula is C23H33FN6O2. The SMILES string of the molecule is CCNC(=NCC(c1ccc(C)o1)N1CCOCC1)NC1CCN(c2ncccc2F)C1. The zero-order chi connectivity index (χ0) is 22.3. The first-order chi connectivity index (χ1) is 15.6. The molecule has 2 atom stereocenters. The maximum Gasteiger partial charge on any atom is 0.191 e.